The van der Waals surface area contributed by atoms with Crippen LogP contribution in [0.15, 0.2) is 17.3 Å². The van der Waals surface area contributed by atoms with Gasteiger partial charge in [-0.25, -0.2) is 13.2 Å². The van der Waals surface area contributed by atoms with E-state index in [2.05, 4.69) is 5.16 Å². The normalized spacial score (nSPS) is 12.4. The summed E-state index contributed by atoms with van der Waals surface area (Å²) in [6.07, 6.45) is 0. The van der Waals surface area contributed by atoms with E-state index in [1.165, 1.54) is 13.8 Å². The average molecular weight is 275 g/mol. The first-order valence-electron chi connectivity index (χ1n) is 5.14. The minimum atomic E-state index is -1.69. The number of hydrogen-bond acceptors (Lipinski definition) is 3. The summed E-state index contributed by atoms with van der Waals surface area (Å²) < 4.78 is 39.0. The molecule has 4 N–H and O–H groups in total. The van der Waals surface area contributed by atoms with Gasteiger partial charge in [-0.1, -0.05) is 5.16 Å². The molecule has 0 atom stereocenters. The fraction of sp³-hybridized carbons (Fsp3) is 0.273. The molecule has 0 aliphatic carbocycles. The van der Waals surface area contributed by atoms with E-state index in [1.54, 1.807) is 0 Å². The molecule has 0 aromatic heterocycles. The van der Waals surface area contributed by atoms with Crippen LogP contribution in [0.3, 0.4) is 0 Å². The maximum atomic E-state index is 13.4. The molecule has 104 valence electrons. The summed E-state index contributed by atoms with van der Waals surface area (Å²) in [7, 11) is 0. The number of oxime groups is 1. The van der Waals surface area contributed by atoms with E-state index in [0.29, 0.717) is 6.07 Å². The summed E-state index contributed by atoms with van der Waals surface area (Å²) in [5, 5.41) is 13.2. The highest BCUT2D eigenvalue weighted by molar-refractivity contribution is 6.11. The van der Waals surface area contributed by atoms with Crippen LogP contribution in [-0.2, 0) is 4.79 Å². The molecule has 0 saturated carbocycles. The van der Waals surface area contributed by atoms with Crippen LogP contribution in [0.4, 0.5) is 18.9 Å². The van der Waals surface area contributed by atoms with Crippen LogP contribution in [0.1, 0.15) is 13.8 Å². The highest BCUT2D eigenvalue weighted by atomic mass is 19.2. The van der Waals surface area contributed by atoms with Gasteiger partial charge in [0.15, 0.2) is 23.3 Å². The van der Waals surface area contributed by atoms with Crippen LogP contribution >= 0.6 is 0 Å². The van der Waals surface area contributed by atoms with Crippen LogP contribution in [-0.4, -0.2) is 17.0 Å². The third kappa shape index (κ3) is 2.78. The van der Waals surface area contributed by atoms with Crippen LogP contribution in [0, 0.1) is 22.9 Å². The highest BCUT2D eigenvalue weighted by Gasteiger charge is 2.33. The molecule has 0 bridgehead atoms. The summed E-state index contributed by atoms with van der Waals surface area (Å²) in [6, 6.07) is 1.54. The minimum absolute atomic E-state index is 0.409. The van der Waals surface area contributed by atoms with Crippen molar-refractivity contribution in [3.63, 3.8) is 0 Å². The Labute approximate surface area is 106 Å². The Balaban J connectivity index is 3.05. The number of rotatable bonds is 3. The first kappa shape index (κ1) is 14.8. The van der Waals surface area contributed by atoms with Crippen molar-refractivity contribution in [3.8, 4) is 0 Å². The SMILES string of the molecule is CC(C)(C(=O)Nc1ccc(F)c(F)c1F)C(N)=NO. The summed E-state index contributed by atoms with van der Waals surface area (Å²) in [6.45, 7) is 2.63. The molecular formula is C11H12F3N3O2. The molecule has 19 heavy (non-hydrogen) atoms. The summed E-state index contributed by atoms with van der Waals surface area (Å²) in [4.78, 5) is 11.8. The van der Waals surface area contributed by atoms with Crippen molar-refractivity contribution in [2.24, 2.45) is 16.3 Å². The predicted octanol–water partition coefficient (Wildman–Crippen LogP) is 1.81. The van der Waals surface area contributed by atoms with Crippen molar-refractivity contribution in [2.75, 3.05) is 5.32 Å². The lowest BCUT2D eigenvalue weighted by atomic mass is 9.91. The highest BCUT2D eigenvalue weighted by Crippen LogP contribution is 2.23. The lowest BCUT2D eigenvalue weighted by molar-refractivity contribution is -0.121. The molecule has 0 fully saturated rings. The largest absolute Gasteiger partial charge is 0.409 e. The number of nitrogens with zero attached hydrogens (tertiary/aromatic N) is 1. The third-order valence-corrected chi connectivity index (χ3v) is 2.60. The summed E-state index contributed by atoms with van der Waals surface area (Å²) in [5.41, 5.74) is 3.32. The van der Waals surface area contributed by atoms with Crippen molar-refractivity contribution in [1.29, 1.82) is 0 Å². The fourth-order valence-corrected chi connectivity index (χ4v) is 1.14. The Morgan fingerprint density at radius 1 is 1.32 bits per heavy atom. The average Bonchev–Trinajstić information content (AvgIpc) is 2.38. The van der Waals surface area contributed by atoms with Gasteiger partial charge >= 0.3 is 0 Å². The third-order valence-electron chi connectivity index (χ3n) is 2.60. The molecule has 0 unspecified atom stereocenters. The number of amides is 1. The molecule has 1 rings (SSSR count). The first-order valence-corrected chi connectivity index (χ1v) is 5.14. The number of halogens is 3. The predicted molar refractivity (Wildman–Crippen MR) is 62.1 cm³/mol. The van der Waals surface area contributed by atoms with Crippen LogP contribution < -0.4 is 11.1 Å². The molecule has 1 aromatic rings. The fourth-order valence-electron chi connectivity index (χ4n) is 1.14. The molecule has 5 nitrogen and oxygen atoms in total. The van der Waals surface area contributed by atoms with E-state index in [4.69, 9.17) is 10.9 Å². The van der Waals surface area contributed by atoms with Gasteiger partial charge in [-0.15, -0.1) is 0 Å². The number of hydrogen-bond donors (Lipinski definition) is 3. The second-order valence-corrected chi connectivity index (χ2v) is 4.29. The van der Waals surface area contributed by atoms with Crippen LogP contribution in [0.5, 0.6) is 0 Å². The number of benzene rings is 1. The van der Waals surface area contributed by atoms with Gasteiger partial charge in [0, 0.05) is 0 Å². The van der Waals surface area contributed by atoms with Crippen molar-refractivity contribution >= 4 is 17.4 Å². The molecule has 0 saturated heterocycles. The van der Waals surface area contributed by atoms with Crippen molar-refractivity contribution in [2.45, 2.75) is 13.8 Å². The number of carbonyl (C=O) groups excluding carboxylic acids is 1. The van der Waals surface area contributed by atoms with Gasteiger partial charge in [0.1, 0.15) is 5.41 Å². The molecule has 8 heteroatoms. The smallest absolute Gasteiger partial charge is 0.237 e. The van der Waals surface area contributed by atoms with E-state index in [-0.39, 0.29) is 0 Å². The first-order chi connectivity index (χ1) is 8.71. The molecule has 0 radical (unpaired) electrons. The van der Waals surface area contributed by atoms with Gasteiger partial charge < -0.3 is 16.3 Å². The summed E-state index contributed by atoms with van der Waals surface area (Å²) >= 11 is 0. The van der Waals surface area contributed by atoms with Crippen molar-refractivity contribution < 1.29 is 23.2 Å². The van der Waals surface area contributed by atoms with Gasteiger partial charge in [0.05, 0.1) is 5.69 Å². The second-order valence-electron chi connectivity index (χ2n) is 4.29. The number of anilines is 1. The number of carbonyl (C=O) groups is 1. The van der Waals surface area contributed by atoms with Gasteiger partial charge in [0.2, 0.25) is 5.91 Å². The Kier molecular flexibility index (Phi) is 4.03. The maximum Gasteiger partial charge on any atom is 0.237 e. The zero-order valence-electron chi connectivity index (χ0n) is 10.2. The van der Waals surface area contributed by atoms with E-state index in [0.717, 1.165) is 6.07 Å². The standard InChI is InChI=1S/C11H12F3N3O2/c1-11(2,9(15)17-19)10(18)16-6-4-3-5(12)7(13)8(6)14/h3-4,19H,1-2H3,(H2,15,17)(H,16,18). The zero-order chi connectivity index (χ0) is 14.8. The Morgan fingerprint density at radius 3 is 2.42 bits per heavy atom. The van der Waals surface area contributed by atoms with Crippen molar-refractivity contribution in [3.05, 3.63) is 29.6 Å². The van der Waals surface area contributed by atoms with E-state index >= 15 is 0 Å². The molecule has 1 amide bonds. The van der Waals surface area contributed by atoms with E-state index in [1.807, 2.05) is 5.32 Å². The molecule has 0 spiro atoms. The van der Waals surface area contributed by atoms with Gasteiger partial charge in [-0.2, -0.15) is 0 Å². The van der Waals surface area contributed by atoms with E-state index < -0.39 is 40.3 Å². The molecule has 0 aliphatic rings. The number of nitrogens with two attached hydrogens (primary N) is 1. The maximum absolute atomic E-state index is 13.4. The Hall–Kier alpha value is -2.25. The Bertz CT molecular complexity index is 544. The van der Waals surface area contributed by atoms with Gasteiger partial charge in [-0.3, -0.25) is 4.79 Å². The molecular weight excluding hydrogens is 263 g/mol. The number of nitrogens with one attached hydrogen (secondary N) is 1. The molecule has 1 aromatic carbocycles. The molecule has 0 aliphatic heterocycles. The second kappa shape index (κ2) is 5.17. The lowest BCUT2D eigenvalue weighted by Gasteiger charge is -2.21. The quantitative estimate of drug-likeness (QED) is 0.258. The lowest BCUT2D eigenvalue weighted by Crippen LogP contribution is -2.42. The van der Waals surface area contributed by atoms with Crippen LogP contribution in [0.25, 0.3) is 0 Å². The molecule has 0 heterocycles. The number of amidine groups is 1. The summed E-state index contributed by atoms with van der Waals surface area (Å²) in [5.74, 6) is -5.84. The van der Waals surface area contributed by atoms with Gasteiger partial charge in [0.25, 0.3) is 0 Å². The minimum Gasteiger partial charge on any atom is -0.409 e. The van der Waals surface area contributed by atoms with E-state index in [9.17, 15) is 18.0 Å². The van der Waals surface area contributed by atoms with Crippen molar-refractivity contribution in [1.82, 2.24) is 0 Å². The Morgan fingerprint density at radius 2 is 1.89 bits per heavy atom. The van der Waals surface area contributed by atoms with Gasteiger partial charge in [-0.05, 0) is 26.0 Å². The topological polar surface area (TPSA) is 87.7 Å². The zero-order valence-corrected chi connectivity index (χ0v) is 10.2. The monoisotopic (exact) mass is 275 g/mol. The van der Waals surface area contributed by atoms with Crippen LogP contribution in [0.2, 0.25) is 0 Å².